The van der Waals surface area contributed by atoms with Crippen LogP contribution < -0.4 is 0 Å². The van der Waals surface area contributed by atoms with Gasteiger partial charge < -0.3 is 14.6 Å². The van der Waals surface area contributed by atoms with Gasteiger partial charge in [-0.05, 0) is 74.8 Å². The molecule has 0 aliphatic carbocycles. The number of fused-ring (bicyclic) bond motifs is 1. The maximum absolute atomic E-state index is 12.3. The summed E-state index contributed by atoms with van der Waals surface area (Å²) in [5.41, 5.74) is 3.68. The first-order chi connectivity index (χ1) is 18.3. The number of phenols is 1. The van der Waals surface area contributed by atoms with E-state index >= 15 is 0 Å². The summed E-state index contributed by atoms with van der Waals surface area (Å²) in [5.74, 6) is -0.812. The minimum Gasteiger partial charge on any atom is -0.505 e. The van der Waals surface area contributed by atoms with Gasteiger partial charge in [0, 0.05) is 21.7 Å². The van der Waals surface area contributed by atoms with E-state index in [2.05, 4.69) is 23.4 Å². The van der Waals surface area contributed by atoms with E-state index in [-0.39, 0.29) is 17.8 Å². The van der Waals surface area contributed by atoms with Crippen LogP contribution in [0.25, 0.3) is 16.7 Å². The summed E-state index contributed by atoms with van der Waals surface area (Å²) >= 11 is 6.12. The second kappa shape index (κ2) is 12.5. The number of hydrogen-bond donors (Lipinski definition) is 1. The lowest BCUT2D eigenvalue weighted by atomic mass is 9.84. The molecule has 1 atom stereocenters. The highest BCUT2D eigenvalue weighted by Crippen LogP contribution is 2.37. The number of carbonyl (C=O) groups is 2. The number of halogens is 1. The summed E-state index contributed by atoms with van der Waals surface area (Å²) in [6, 6.07) is 9.05. The van der Waals surface area contributed by atoms with Gasteiger partial charge in [-0.15, -0.1) is 15.0 Å². The lowest BCUT2D eigenvalue weighted by Gasteiger charge is -2.24. The molecule has 39 heavy (non-hydrogen) atoms. The van der Waals surface area contributed by atoms with Crippen LogP contribution in [0.5, 0.6) is 5.75 Å². The van der Waals surface area contributed by atoms with E-state index in [1.54, 1.807) is 32.0 Å². The molecular formula is C30H36ClN3O5. The van der Waals surface area contributed by atoms with Crippen LogP contribution in [0.2, 0.25) is 5.02 Å². The maximum atomic E-state index is 12.3. The Labute approximate surface area is 234 Å². The van der Waals surface area contributed by atoms with E-state index in [9.17, 15) is 14.7 Å². The second-order valence-electron chi connectivity index (χ2n) is 10.8. The normalized spacial score (nSPS) is 12.3. The fraction of sp³-hybridized carbons (Fsp3) is 0.400. The maximum Gasteiger partial charge on any atom is 0.333 e. The van der Waals surface area contributed by atoms with Crippen LogP contribution in [-0.4, -0.2) is 44.7 Å². The smallest absolute Gasteiger partial charge is 0.333 e. The SMILES string of the molecule is C=C(C)C(=O)OCCCC(CCc1cc(-n2nc3ccc(Cl)cc3n2)c(O)c(C(C)(C)C)c1)OC(=O)C(=C)C. The van der Waals surface area contributed by atoms with Crippen molar-refractivity contribution in [3.8, 4) is 11.4 Å². The van der Waals surface area contributed by atoms with Gasteiger partial charge in [-0.25, -0.2) is 9.59 Å². The van der Waals surface area contributed by atoms with Gasteiger partial charge in [0.15, 0.2) is 0 Å². The molecule has 0 bridgehead atoms. The summed E-state index contributed by atoms with van der Waals surface area (Å²) in [5, 5.41) is 20.8. The van der Waals surface area contributed by atoms with E-state index in [4.69, 9.17) is 21.1 Å². The monoisotopic (exact) mass is 553 g/mol. The van der Waals surface area contributed by atoms with Crippen LogP contribution in [-0.2, 0) is 30.9 Å². The Hall–Kier alpha value is -3.65. The van der Waals surface area contributed by atoms with Crippen molar-refractivity contribution in [2.45, 2.75) is 71.8 Å². The summed E-state index contributed by atoms with van der Waals surface area (Å²) in [4.78, 5) is 25.4. The molecule has 0 saturated heterocycles. The van der Waals surface area contributed by atoms with Crippen molar-refractivity contribution in [3.05, 3.63) is 70.8 Å². The fourth-order valence-corrected chi connectivity index (χ4v) is 4.15. The molecule has 8 nitrogen and oxygen atoms in total. The number of aromatic nitrogens is 3. The first-order valence-electron chi connectivity index (χ1n) is 12.8. The Kier molecular flexibility index (Phi) is 9.56. The molecular weight excluding hydrogens is 518 g/mol. The highest BCUT2D eigenvalue weighted by molar-refractivity contribution is 6.31. The number of aromatic hydroxyl groups is 1. The second-order valence-corrected chi connectivity index (χ2v) is 11.2. The zero-order valence-electron chi connectivity index (χ0n) is 23.2. The third-order valence-electron chi connectivity index (χ3n) is 6.14. The highest BCUT2D eigenvalue weighted by Gasteiger charge is 2.24. The van der Waals surface area contributed by atoms with Crippen LogP contribution in [0.3, 0.4) is 0 Å². The molecule has 0 radical (unpaired) electrons. The van der Waals surface area contributed by atoms with Gasteiger partial charge in [0.2, 0.25) is 0 Å². The van der Waals surface area contributed by atoms with Crippen molar-refractivity contribution in [3.63, 3.8) is 0 Å². The Morgan fingerprint density at radius 3 is 2.33 bits per heavy atom. The number of esters is 2. The third kappa shape index (κ3) is 7.93. The molecule has 2 aromatic carbocycles. The first-order valence-corrected chi connectivity index (χ1v) is 13.2. The van der Waals surface area contributed by atoms with Gasteiger partial charge in [0.1, 0.15) is 28.6 Å². The molecule has 0 amide bonds. The van der Waals surface area contributed by atoms with E-state index in [1.807, 2.05) is 32.9 Å². The molecule has 1 aromatic heterocycles. The third-order valence-corrected chi connectivity index (χ3v) is 6.38. The molecule has 3 aromatic rings. The number of ether oxygens (including phenoxy) is 2. The summed E-state index contributed by atoms with van der Waals surface area (Å²) in [6.07, 6.45) is 1.69. The van der Waals surface area contributed by atoms with Crippen molar-refractivity contribution in [1.82, 2.24) is 15.0 Å². The number of benzene rings is 2. The zero-order valence-corrected chi connectivity index (χ0v) is 24.0. The number of carbonyl (C=O) groups excluding carboxylic acids is 2. The molecule has 1 heterocycles. The predicted octanol–water partition coefficient (Wildman–Crippen LogP) is 6.40. The number of rotatable bonds is 11. The standard InChI is InChI=1S/C30H36ClN3O5/c1-18(2)28(36)38-14-8-9-22(39-29(37)19(3)4)12-10-20-15-23(30(5,6)7)27(35)26(16-20)34-32-24-13-11-21(31)17-25(24)33-34/h11,13,15-17,22,35H,1,3,8-10,12,14H2,2,4-7H3. The van der Waals surface area contributed by atoms with E-state index in [0.29, 0.717) is 58.6 Å². The molecule has 3 rings (SSSR count). The number of nitrogens with zero attached hydrogens (tertiary/aromatic N) is 3. The minimum atomic E-state index is -0.466. The first kappa shape index (κ1) is 29.9. The van der Waals surface area contributed by atoms with Crippen molar-refractivity contribution in [2.75, 3.05) is 6.61 Å². The van der Waals surface area contributed by atoms with Crippen LogP contribution in [0, 0.1) is 0 Å². The molecule has 1 unspecified atom stereocenters. The predicted molar refractivity (Wildman–Crippen MR) is 152 cm³/mol. The quantitative estimate of drug-likeness (QED) is 0.166. The van der Waals surface area contributed by atoms with Crippen LogP contribution in [0.15, 0.2) is 54.6 Å². The molecule has 1 N–H and O–H groups in total. The van der Waals surface area contributed by atoms with E-state index in [1.165, 1.54) is 4.80 Å². The Balaban J connectivity index is 1.86. The Morgan fingerprint density at radius 2 is 1.69 bits per heavy atom. The molecule has 0 aliphatic rings. The summed E-state index contributed by atoms with van der Waals surface area (Å²) in [6.45, 7) is 16.7. The zero-order chi connectivity index (χ0) is 28.9. The Bertz CT molecular complexity index is 1400. The average molecular weight is 554 g/mol. The van der Waals surface area contributed by atoms with Crippen molar-refractivity contribution in [1.29, 1.82) is 0 Å². The number of hydrogen-bond acceptors (Lipinski definition) is 7. The highest BCUT2D eigenvalue weighted by atomic mass is 35.5. The van der Waals surface area contributed by atoms with Gasteiger partial charge in [-0.3, -0.25) is 0 Å². The molecule has 208 valence electrons. The Morgan fingerprint density at radius 1 is 1.03 bits per heavy atom. The number of aryl methyl sites for hydroxylation is 1. The van der Waals surface area contributed by atoms with Gasteiger partial charge in [-0.1, -0.05) is 51.6 Å². The van der Waals surface area contributed by atoms with Crippen molar-refractivity contribution < 1.29 is 24.2 Å². The van der Waals surface area contributed by atoms with Crippen LogP contribution in [0.1, 0.15) is 65.0 Å². The van der Waals surface area contributed by atoms with Gasteiger partial charge in [0.05, 0.1) is 6.61 Å². The molecule has 9 heteroatoms. The van der Waals surface area contributed by atoms with Crippen LogP contribution >= 0.6 is 11.6 Å². The number of phenolic OH excluding ortho intramolecular Hbond substituents is 1. The molecule has 0 aliphatic heterocycles. The summed E-state index contributed by atoms with van der Waals surface area (Å²) < 4.78 is 10.9. The van der Waals surface area contributed by atoms with Crippen molar-refractivity contribution in [2.24, 2.45) is 0 Å². The van der Waals surface area contributed by atoms with Gasteiger partial charge in [-0.2, -0.15) is 0 Å². The lowest BCUT2D eigenvalue weighted by molar-refractivity contribution is -0.146. The summed E-state index contributed by atoms with van der Waals surface area (Å²) in [7, 11) is 0. The van der Waals surface area contributed by atoms with Crippen LogP contribution in [0.4, 0.5) is 0 Å². The molecule has 0 spiro atoms. The molecule has 0 fully saturated rings. The van der Waals surface area contributed by atoms with Gasteiger partial charge in [0.25, 0.3) is 0 Å². The van der Waals surface area contributed by atoms with E-state index in [0.717, 1.165) is 11.1 Å². The topological polar surface area (TPSA) is 104 Å². The fourth-order valence-electron chi connectivity index (χ4n) is 3.98. The average Bonchev–Trinajstić information content (AvgIpc) is 3.27. The largest absolute Gasteiger partial charge is 0.505 e. The minimum absolute atomic E-state index is 0.0993. The van der Waals surface area contributed by atoms with Crippen molar-refractivity contribution >= 4 is 34.6 Å². The lowest BCUT2D eigenvalue weighted by Crippen LogP contribution is -2.21. The van der Waals surface area contributed by atoms with E-state index < -0.39 is 18.0 Å². The molecule has 0 saturated carbocycles. The van der Waals surface area contributed by atoms with Gasteiger partial charge >= 0.3 is 11.9 Å².